The average molecular weight is 374 g/mol. The lowest BCUT2D eigenvalue weighted by Gasteiger charge is -2.39. The number of amides is 1. The van der Waals surface area contributed by atoms with Gasteiger partial charge < -0.3 is 15.0 Å². The molecule has 1 N–H and O–H groups in total. The van der Waals surface area contributed by atoms with Gasteiger partial charge in [-0.25, -0.2) is 0 Å². The monoisotopic (exact) mass is 373 g/mol. The van der Waals surface area contributed by atoms with Crippen LogP contribution in [0.1, 0.15) is 52.4 Å². The minimum atomic E-state index is -0.0578. The van der Waals surface area contributed by atoms with E-state index in [4.69, 9.17) is 4.74 Å². The molecular weight excluding hydrogens is 338 g/mol. The number of carbonyl (C=O) groups is 1. The molecule has 2 aliphatic rings. The zero-order valence-corrected chi connectivity index (χ0v) is 17.0. The minimum Gasteiger partial charge on any atom is -0.492 e. The van der Waals surface area contributed by atoms with Gasteiger partial charge in [0.15, 0.2) is 0 Å². The van der Waals surface area contributed by atoms with Gasteiger partial charge in [0.1, 0.15) is 5.75 Å². The summed E-state index contributed by atoms with van der Waals surface area (Å²) >= 11 is 0. The third-order valence-corrected chi connectivity index (χ3v) is 5.95. The quantitative estimate of drug-likeness (QED) is 0.776. The van der Waals surface area contributed by atoms with Crippen LogP contribution in [0.5, 0.6) is 5.75 Å². The normalized spacial score (nSPS) is 20.7. The smallest absolute Gasteiger partial charge is 0.237 e. The van der Waals surface area contributed by atoms with Crippen LogP contribution in [-0.2, 0) is 4.79 Å². The highest BCUT2D eigenvalue weighted by Crippen LogP contribution is 2.29. The Balaban J connectivity index is 1.51. The number of nitrogens with zero attached hydrogens (tertiary/aromatic N) is 2. The fraction of sp³-hybridized carbons (Fsp3) is 0.682. The molecule has 0 bridgehead atoms. The second-order valence-electron chi connectivity index (χ2n) is 7.80. The number of hydrogen-bond acceptors (Lipinski definition) is 4. The lowest BCUT2D eigenvalue weighted by Crippen LogP contribution is -2.55. The molecule has 1 saturated carbocycles. The van der Waals surface area contributed by atoms with Crippen LogP contribution < -0.4 is 15.0 Å². The number of hydrogen-bond donors (Lipinski definition) is 1. The molecule has 0 spiro atoms. The summed E-state index contributed by atoms with van der Waals surface area (Å²) in [6.45, 7) is 8.39. The molecule has 27 heavy (non-hydrogen) atoms. The molecule has 0 aromatic heterocycles. The summed E-state index contributed by atoms with van der Waals surface area (Å²) in [5, 5.41) is 3.31. The second-order valence-corrected chi connectivity index (χ2v) is 7.80. The Bertz CT molecular complexity index is 591. The Morgan fingerprint density at radius 1 is 1.11 bits per heavy atom. The van der Waals surface area contributed by atoms with Crippen molar-refractivity contribution >= 4 is 11.6 Å². The molecule has 1 aliphatic carbocycles. The third-order valence-electron chi connectivity index (χ3n) is 5.95. The Labute approximate surface area is 164 Å². The highest BCUT2D eigenvalue weighted by molar-refractivity contribution is 5.81. The van der Waals surface area contributed by atoms with Crippen molar-refractivity contribution in [3.63, 3.8) is 0 Å². The Morgan fingerprint density at radius 3 is 2.44 bits per heavy atom. The standard InChI is InChI=1S/C22H35N3O2/c1-3-27-21-13-9-8-12-20(21)25-16-14-24(15-17-25)18(2)22(26)23-19-10-6-4-5-7-11-19/h8-9,12-13,18-19H,3-7,10-11,14-17H2,1-2H3,(H,23,26)/t18-/m1/s1. The summed E-state index contributed by atoms with van der Waals surface area (Å²) < 4.78 is 5.78. The lowest BCUT2D eigenvalue weighted by atomic mass is 10.1. The van der Waals surface area contributed by atoms with Gasteiger partial charge in [-0.2, -0.15) is 0 Å². The summed E-state index contributed by atoms with van der Waals surface area (Å²) in [7, 11) is 0. The number of ether oxygens (including phenoxy) is 1. The minimum absolute atomic E-state index is 0.0578. The van der Waals surface area contributed by atoms with Gasteiger partial charge >= 0.3 is 0 Å². The van der Waals surface area contributed by atoms with Crippen molar-refractivity contribution in [2.75, 3.05) is 37.7 Å². The number of rotatable bonds is 6. The molecule has 150 valence electrons. The van der Waals surface area contributed by atoms with Crippen LogP contribution >= 0.6 is 0 Å². The molecule has 1 aromatic rings. The van der Waals surface area contributed by atoms with Crippen molar-refractivity contribution in [2.24, 2.45) is 0 Å². The zero-order chi connectivity index (χ0) is 19.1. The van der Waals surface area contributed by atoms with E-state index in [0.29, 0.717) is 12.6 Å². The second kappa shape index (κ2) is 9.98. The summed E-state index contributed by atoms with van der Waals surface area (Å²) in [5.41, 5.74) is 1.16. The Hall–Kier alpha value is -1.75. The summed E-state index contributed by atoms with van der Waals surface area (Å²) in [6.07, 6.45) is 7.40. The van der Waals surface area contributed by atoms with Gasteiger partial charge in [-0.15, -0.1) is 0 Å². The fourth-order valence-electron chi connectivity index (χ4n) is 4.26. The number of benzene rings is 1. The van der Waals surface area contributed by atoms with Crippen molar-refractivity contribution in [1.82, 2.24) is 10.2 Å². The van der Waals surface area contributed by atoms with Crippen LogP contribution in [0.25, 0.3) is 0 Å². The SMILES string of the molecule is CCOc1ccccc1N1CCN([C@H](C)C(=O)NC2CCCCCC2)CC1. The summed E-state index contributed by atoms with van der Waals surface area (Å²) in [5.74, 6) is 1.15. The van der Waals surface area contributed by atoms with Gasteiger partial charge in [-0.3, -0.25) is 9.69 Å². The van der Waals surface area contributed by atoms with Crippen molar-refractivity contribution in [3.05, 3.63) is 24.3 Å². The number of carbonyl (C=O) groups excluding carboxylic acids is 1. The first-order chi connectivity index (χ1) is 13.2. The highest BCUT2D eigenvalue weighted by atomic mass is 16.5. The molecule has 5 heteroatoms. The van der Waals surface area contributed by atoms with Crippen LogP contribution in [0.15, 0.2) is 24.3 Å². The van der Waals surface area contributed by atoms with E-state index in [9.17, 15) is 4.79 Å². The maximum absolute atomic E-state index is 12.7. The molecule has 1 saturated heterocycles. The van der Waals surface area contributed by atoms with E-state index in [1.165, 1.54) is 25.7 Å². The molecule has 5 nitrogen and oxygen atoms in total. The molecule has 2 fully saturated rings. The molecule has 1 aliphatic heterocycles. The molecule has 0 unspecified atom stereocenters. The molecular formula is C22H35N3O2. The predicted octanol–water partition coefficient (Wildman–Crippen LogP) is 3.43. The average Bonchev–Trinajstić information content (AvgIpc) is 2.97. The van der Waals surface area contributed by atoms with Crippen LogP contribution in [0, 0.1) is 0 Å². The van der Waals surface area contributed by atoms with Crippen LogP contribution in [0.2, 0.25) is 0 Å². The van der Waals surface area contributed by atoms with Crippen molar-refractivity contribution in [1.29, 1.82) is 0 Å². The van der Waals surface area contributed by atoms with Crippen LogP contribution in [0.4, 0.5) is 5.69 Å². The van der Waals surface area contributed by atoms with Crippen LogP contribution in [-0.4, -0.2) is 55.7 Å². The van der Waals surface area contributed by atoms with Crippen molar-refractivity contribution in [2.45, 2.75) is 64.5 Å². The zero-order valence-electron chi connectivity index (χ0n) is 17.0. The first-order valence-electron chi connectivity index (χ1n) is 10.7. The molecule has 3 rings (SSSR count). The lowest BCUT2D eigenvalue weighted by molar-refractivity contribution is -0.126. The maximum atomic E-state index is 12.7. The van der Waals surface area contributed by atoms with Gasteiger partial charge in [0.25, 0.3) is 0 Å². The molecule has 1 amide bonds. The van der Waals surface area contributed by atoms with E-state index >= 15 is 0 Å². The molecule has 1 atom stereocenters. The predicted molar refractivity (Wildman–Crippen MR) is 110 cm³/mol. The van der Waals surface area contributed by atoms with E-state index in [0.717, 1.165) is 50.5 Å². The molecule has 0 radical (unpaired) electrons. The van der Waals surface area contributed by atoms with Gasteiger partial charge in [-0.1, -0.05) is 37.8 Å². The van der Waals surface area contributed by atoms with E-state index in [-0.39, 0.29) is 11.9 Å². The largest absolute Gasteiger partial charge is 0.492 e. The van der Waals surface area contributed by atoms with Crippen molar-refractivity contribution < 1.29 is 9.53 Å². The van der Waals surface area contributed by atoms with Crippen molar-refractivity contribution in [3.8, 4) is 5.75 Å². The third kappa shape index (κ3) is 5.38. The fourth-order valence-corrected chi connectivity index (χ4v) is 4.26. The first kappa shape index (κ1) is 20.0. The van der Waals surface area contributed by atoms with E-state index < -0.39 is 0 Å². The van der Waals surface area contributed by atoms with Gasteiger partial charge in [0.05, 0.1) is 18.3 Å². The van der Waals surface area contributed by atoms with E-state index in [1.807, 2.05) is 19.1 Å². The Morgan fingerprint density at radius 2 is 1.78 bits per heavy atom. The number of piperazine rings is 1. The molecule has 1 aromatic carbocycles. The van der Waals surface area contributed by atoms with E-state index in [2.05, 4.69) is 34.2 Å². The topological polar surface area (TPSA) is 44.8 Å². The number of para-hydroxylation sites is 2. The maximum Gasteiger partial charge on any atom is 0.237 e. The highest BCUT2D eigenvalue weighted by Gasteiger charge is 2.27. The summed E-state index contributed by atoms with van der Waals surface area (Å²) in [6, 6.07) is 8.56. The summed E-state index contributed by atoms with van der Waals surface area (Å²) in [4.78, 5) is 17.4. The van der Waals surface area contributed by atoms with E-state index in [1.54, 1.807) is 0 Å². The molecule has 1 heterocycles. The Kier molecular flexibility index (Phi) is 7.39. The van der Waals surface area contributed by atoms with Gasteiger partial charge in [0.2, 0.25) is 5.91 Å². The number of anilines is 1. The van der Waals surface area contributed by atoms with Crippen LogP contribution in [0.3, 0.4) is 0 Å². The number of nitrogens with one attached hydrogen (secondary N) is 1. The van der Waals surface area contributed by atoms with Gasteiger partial charge in [-0.05, 0) is 38.8 Å². The first-order valence-corrected chi connectivity index (χ1v) is 10.7. The van der Waals surface area contributed by atoms with Gasteiger partial charge in [0, 0.05) is 32.2 Å².